The molecule has 114 valence electrons. The van der Waals surface area contributed by atoms with E-state index >= 15 is 0 Å². The summed E-state index contributed by atoms with van der Waals surface area (Å²) in [6.07, 6.45) is 0. The van der Waals surface area contributed by atoms with Crippen LogP contribution >= 0.6 is 23.4 Å². The largest absolute Gasteiger partial charge is 0.419 e. The summed E-state index contributed by atoms with van der Waals surface area (Å²) >= 11 is 7.71. The molecule has 1 heterocycles. The van der Waals surface area contributed by atoms with Crippen LogP contribution in [-0.4, -0.2) is 10.3 Å². The van der Waals surface area contributed by atoms with Crippen molar-refractivity contribution in [2.45, 2.75) is 18.7 Å². The van der Waals surface area contributed by atoms with Crippen molar-refractivity contribution in [1.82, 2.24) is 4.57 Å². The summed E-state index contributed by atoms with van der Waals surface area (Å²) in [5, 5.41) is 1.10. The zero-order valence-electron chi connectivity index (χ0n) is 12.2. The van der Waals surface area contributed by atoms with Gasteiger partial charge in [-0.15, -0.1) is 0 Å². The zero-order valence-corrected chi connectivity index (χ0v) is 13.7. The molecule has 1 atom stereocenters. The van der Waals surface area contributed by atoms with Gasteiger partial charge < -0.3 is 4.42 Å². The second-order valence-electron chi connectivity index (χ2n) is 5.05. The van der Waals surface area contributed by atoms with E-state index in [9.17, 15) is 4.79 Å². The van der Waals surface area contributed by atoms with Crippen LogP contribution in [0.3, 0.4) is 0 Å². The van der Waals surface area contributed by atoms with Gasteiger partial charge >= 0.3 is 5.76 Å². The van der Waals surface area contributed by atoms with Crippen LogP contribution in [0.5, 0.6) is 0 Å². The molecule has 0 aliphatic rings. The first-order valence-corrected chi connectivity index (χ1v) is 8.53. The molecule has 0 saturated carbocycles. The first-order chi connectivity index (χ1) is 10.6. The minimum atomic E-state index is -0.291. The Balaban J connectivity index is 1.66. The van der Waals surface area contributed by atoms with Crippen LogP contribution in [0, 0.1) is 0 Å². The number of oxazole rings is 1. The Bertz CT molecular complexity index is 823. The van der Waals surface area contributed by atoms with E-state index in [0.29, 0.717) is 17.4 Å². The second-order valence-corrected chi connectivity index (χ2v) is 6.94. The molecule has 0 spiro atoms. The lowest BCUT2D eigenvalue weighted by Gasteiger charge is -2.11. The SMILES string of the molecule is CC(SCCn1c(=O)oc2ccccc21)c1ccc(Cl)cc1. The van der Waals surface area contributed by atoms with Crippen LogP contribution < -0.4 is 5.76 Å². The maximum absolute atomic E-state index is 11.9. The van der Waals surface area contributed by atoms with Crippen molar-refractivity contribution in [2.75, 3.05) is 5.75 Å². The van der Waals surface area contributed by atoms with Crippen molar-refractivity contribution in [3.8, 4) is 0 Å². The van der Waals surface area contributed by atoms with Gasteiger partial charge in [0.1, 0.15) is 0 Å². The topological polar surface area (TPSA) is 35.1 Å². The predicted molar refractivity (Wildman–Crippen MR) is 92.8 cm³/mol. The van der Waals surface area contributed by atoms with Crippen molar-refractivity contribution in [3.63, 3.8) is 0 Å². The number of rotatable bonds is 5. The van der Waals surface area contributed by atoms with Crippen LogP contribution in [0.4, 0.5) is 0 Å². The number of para-hydroxylation sites is 2. The molecule has 0 saturated heterocycles. The molecule has 0 radical (unpaired) electrons. The van der Waals surface area contributed by atoms with Gasteiger partial charge in [0, 0.05) is 22.6 Å². The zero-order chi connectivity index (χ0) is 15.5. The lowest BCUT2D eigenvalue weighted by atomic mass is 10.2. The number of fused-ring (bicyclic) bond motifs is 1. The van der Waals surface area contributed by atoms with Crippen LogP contribution in [0.2, 0.25) is 5.02 Å². The maximum Gasteiger partial charge on any atom is 0.419 e. The normalized spacial score (nSPS) is 12.6. The number of hydrogen-bond acceptors (Lipinski definition) is 3. The number of aryl methyl sites for hydroxylation is 1. The van der Waals surface area contributed by atoms with E-state index in [1.54, 1.807) is 16.3 Å². The Morgan fingerprint density at radius 2 is 1.91 bits per heavy atom. The first-order valence-electron chi connectivity index (χ1n) is 7.10. The summed E-state index contributed by atoms with van der Waals surface area (Å²) in [5.41, 5.74) is 2.73. The Morgan fingerprint density at radius 3 is 2.68 bits per heavy atom. The third kappa shape index (κ3) is 3.23. The summed E-state index contributed by atoms with van der Waals surface area (Å²) in [6.45, 7) is 2.79. The molecule has 1 unspecified atom stereocenters. The fourth-order valence-corrected chi connectivity index (χ4v) is 3.49. The molecule has 2 aromatic carbocycles. The summed E-state index contributed by atoms with van der Waals surface area (Å²) in [6, 6.07) is 15.4. The molecule has 0 aliphatic carbocycles. The highest BCUT2D eigenvalue weighted by Gasteiger charge is 2.10. The van der Waals surface area contributed by atoms with Gasteiger partial charge in [0.25, 0.3) is 0 Å². The third-order valence-corrected chi connectivity index (χ3v) is 5.04. The van der Waals surface area contributed by atoms with Crippen molar-refractivity contribution < 1.29 is 4.42 Å². The van der Waals surface area contributed by atoms with Crippen molar-refractivity contribution in [3.05, 3.63) is 69.7 Å². The van der Waals surface area contributed by atoms with E-state index in [1.807, 2.05) is 48.5 Å². The van der Waals surface area contributed by atoms with Crippen molar-refractivity contribution in [1.29, 1.82) is 0 Å². The van der Waals surface area contributed by atoms with Gasteiger partial charge in [-0.3, -0.25) is 4.57 Å². The average Bonchev–Trinajstić information content (AvgIpc) is 2.84. The third-order valence-electron chi connectivity index (χ3n) is 3.60. The number of hydrogen-bond donors (Lipinski definition) is 0. The molecule has 22 heavy (non-hydrogen) atoms. The number of benzene rings is 2. The molecule has 0 aliphatic heterocycles. The fraction of sp³-hybridized carbons (Fsp3) is 0.235. The summed E-state index contributed by atoms with van der Waals surface area (Å²) in [4.78, 5) is 11.9. The van der Waals surface area contributed by atoms with E-state index in [2.05, 4.69) is 6.92 Å². The Hall–Kier alpha value is -1.65. The quantitative estimate of drug-likeness (QED) is 0.676. The molecule has 3 aromatic rings. The van der Waals surface area contributed by atoms with E-state index < -0.39 is 0 Å². The van der Waals surface area contributed by atoms with Gasteiger partial charge in [-0.2, -0.15) is 11.8 Å². The molecule has 0 fully saturated rings. The number of aromatic nitrogens is 1. The van der Waals surface area contributed by atoms with E-state index in [-0.39, 0.29) is 5.76 Å². The lowest BCUT2D eigenvalue weighted by Crippen LogP contribution is -2.15. The Kier molecular flexibility index (Phi) is 4.60. The summed E-state index contributed by atoms with van der Waals surface area (Å²) in [5.74, 6) is 0.550. The number of halogens is 1. The highest BCUT2D eigenvalue weighted by molar-refractivity contribution is 7.99. The predicted octanol–water partition coefficient (Wildman–Crippen LogP) is 4.74. The van der Waals surface area contributed by atoms with Gasteiger partial charge in [0.15, 0.2) is 5.58 Å². The second kappa shape index (κ2) is 6.63. The smallest absolute Gasteiger partial charge is 0.408 e. The van der Waals surface area contributed by atoms with E-state index in [0.717, 1.165) is 16.3 Å². The van der Waals surface area contributed by atoms with Crippen molar-refractivity contribution >= 4 is 34.5 Å². The monoisotopic (exact) mass is 333 g/mol. The molecular formula is C17H16ClNO2S. The highest BCUT2D eigenvalue weighted by atomic mass is 35.5. The molecule has 3 rings (SSSR count). The van der Waals surface area contributed by atoms with E-state index in [4.69, 9.17) is 16.0 Å². The minimum absolute atomic E-state index is 0.291. The molecular weight excluding hydrogens is 318 g/mol. The van der Waals surface area contributed by atoms with Crippen molar-refractivity contribution in [2.24, 2.45) is 0 Å². The summed E-state index contributed by atoms with van der Waals surface area (Å²) in [7, 11) is 0. The minimum Gasteiger partial charge on any atom is -0.408 e. The van der Waals surface area contributed by atoms with Gasteiger partial charge in [-0.1, -0.05) is 35.9 Å². The van der Waals surface area contributed by atoms with Crippen LogP contribution in [0.1, 0.15) is 17.7 Å². The molecule has 3 nitrogen and oxygen atoms in total. The lowest BCUT2D eigenvalue weighted by molar-refractivity contribution is 0.514. The maximum atomic E-state index is 11.9. The fourth-order valence-electron chi connectivity index (χ4n) is 2.38. The average molecular weight is 334 g/mol. The van der Waals surface area contributed by atoms with E-state index in [1.165, 1.54) is 5.56 Å². The molecule has 0 amide bonds. The van der Waals surface area contributed by atoms with Gasteiger partial charge in [0.05, 0.1) is 5.52 Å². The number of thioether (sulfide) groups is 1. The van der Waals surface area contributed by atoms with Gasteiger partial charge in [-0.05, 0) is 36.8 Å². The first kappa shape index (κ1) is 15.3. The van der Waals surface area contributed by atoms with Crippen LogP contribution in [0.25, 0.3) is 11.1 Å². The standard InChI is InChI=1S/C17H16ClNO2S/c1-12(13-6-8-14(18)9-7-13)22-11-10-19-15-4-2-3-5-16(15)21-17(19)20/h2-9,12H,10-11H2,1H3. The van der Waals surface area contributed by atoms with Gasteiger partial charge in [-0.25, -0.2) is 4.79 Å². The Morgan fingerprint density at radius 1 is 1.18 bits per heavy atom. The molecule has 5 heteroatoms. The summed E-state index contributed by atoms with van der Waals surface area (Å²) < 4.78 is 6.93. The molecule has 0 N–H and O–H groups in total. The van der Waals surface area contributed by atoms with Gasteiger partial charge in [0.2, 0.25) is 0 Å². The van der Waals surface area contributed by atoms with Crippen LogP contribution in [0.15, 0.2) is 57.7 Å². The molecule has 0 bridgehead atoms. The highest BCUT2D eigenvalue weighted by Crippen LogP contribution is 2.29. The number of nitrogens with zero attached hydrogens (tertiary/aromatic N) is 1. The van der Waals surface area contributed by atoms with Crippen LogP contribution in [-0.2, 0) is 6.54 Å². The Labute approximate surface area is 137 Å². The molecule has 1 aromatic heterocycles.